The number of amides is 1. The third kappa shape index (κ3) is 1.37. The van der Waals surface area contributed by atoms with Crippen LogP contribution in [0, 0.1) is 0 Å². The molecule has 1 fully saturated rings. The fourth-order valence-electron chi connectivity index (χ4n) is 0.783. The molecule has 1 rings (SSSR count). The van der Waals surface area contributed by atoms with Crippen LogP contribution in [-0.2, 0) is 4.79 Å². The first kappa shape index (κ1) is 7.76. The zero-order valence-corrected chi connectivity index (χ0v) is 5.61. The van der Waals surface area contributed by atoms with Crippen LogP contribution >= 0.6 is 0 Å². The summed E-state index contributed by atoms with van der Waals surface area (Å²) in [5, 5.41) is 0. The minimum absolute atomic E-state index is 0. The highest BCUT2D eigenvalue weighted by molar-refractivity contribution is 5.77. The molecule has 0 unspecified atom stereocenters. The summed E-state index contributed by atoms with van der Waals surface area (Å²) in [5.74, 6) is 0.292. The van der Waals surface area contributed by atoms with Gasteiger partial charge in [-0.05, 0) is 6.42 Å². The Hall–Kier alpha value is -0.240. The fraction of sp³-hybridized carbons (Fsp3) is 0.800. The molecule has 1 saturated heterocycles. The maximum atomic E-state index is 10.5. The number of rotatable bonds is 0. The van der Waals surface area contributed by atoms with Gasteiger partial charge in [-0.15, -0.1) is 0 Å². The molecule has 48 valence electrons. The third-order valence-electron chi connectivity index (χ3n) is 1.31. The van der Waals surface area contributed by atoms with Crippen molar-refractivity contribution in [1.29, 1.82) is 0 Å². The molecule has 0 radical (unpaired) electrons. The second-order valence-corrected chi connectivity index (χ2v) is 1.92. The first-order chi connectivity index (χ1) is 3.30. The molecule has 0 bridgehead atoms. The Balaban J connectivity index is 0. The normalized spacial score (nSPS) is 18.6. The van der Waals surface area contributed by atoms with Gasteiger partial charge in [0.05, 0.1) is 0 Å². The van der Waals surface area contributed by atoms with Crippen LogP contribution in [0.25, 0.3) is 0 Å². The Morgan fingerprint density at radius 2 is 2.38 bits per heavy atom. The van der Waals surface area contributed by atoms with Crippen molar-refractivity contribution in [3.8, 4) is 0 Å². The van der Waals surface area contributed by atoms with Gasteiger partial charge in [0.2, 0.25) is 5.91 Å². The average molecular weight is 136 g/mol. The Kier molecular flexibility index (Phi) is 2.84. The van der Waals surface area contributed by atoms with Gasteiger partial charge in [0.25, 0.3) is 0 Å². The monoisotopic (exact) mass is 135 g/mol. The van der Waals surface area contributed by atoms with E-state index in [9.17, 15) is 4.79 Å². The molecular formula is C5H10ClNO. The van der Waals surface area contributed by atoms with E-state index in [1.165, 1.54) is 0 Å². The van der Waals surface area contributed by atoms with Gasteiger partial charge in [-0.3, -0.25) is 4.79 Å². The van der Waals surface area contributed by atoms with Gasteiger partial charge in [0.15, 0.2) is 0 Å². The van der Waals surface area contributed by atoms with Gasteiger partial charge in [0.1, 0.15) is 0 Å². The van der Waals surface area contributed by atoms with E-state index in [1.54, 1.807) is 4.90 Å². The van der Waals surface area contributed by atoms with Crippen molar-refractivity contribution < 1.29 is 18.6 Å². The summed E-state index contributed by atoms with van der Waals surface area (Å²) in [6.45, 7) is 0.957. The summed E-state index contributed by atoms with van der Waals surface area (Å²) >= 11 is 0. The molecule has 8 heavy (non-hydrogen) atoms. The zero-order chi connectivity index (χ0) is 5.28. The van der Waals surface area contributed by atoms with Gasteiger partial charge in [-0.1, -0.05) is 0 Å². The molecule has 0 saturated carbocycles. The Labute approximate surface area is 56.8 Å². The lowest BCUT2D eigenvalue weighted by atomic mass is 10.4. The maximum Gasteiger partial charge on any atom is 1.00 e. The van der Waals surface area contributed by atoms with Crippen molar-refractivity contribution in [3.63, 3.8) is 0 Å². The van der Waals surface area contributed by atoms with E-state index in [2.05, 4.69) is 0 Å². The number of halogens is 1. The highest BCUT2D eigenvalue weighted by Gasteiger charge is 2.14. The lowest BCUT2D eigenvalue weighted by molar-refractivity contribution is -0.126. The molecule has 2 nitrogen and oxygen atoms in total. The Bertz CT molecular complexity index is 99.0. The molecular weight excluding hydrogens is 126 g/mol. The van der Waals surface area contributed by atoms with Crippen LogP contribution < -0.4 is 12.4 Å². The summed E-state index contributed by atoms with van der Waals surface area (Å²) in [5.41, 5.74) is 0. The van der Waals surface area contributed by atoms with Gasteiger partial charge in [-0.2, -0.15) is 0 Å². The number of nitrogens with zero attached hydrogens (tertiary/aromatic N) is 1. The molecule has 0 N–H and O–H groups in total. The summed E-state index contributed by atoms with van der Waals surface area (Å²) in [6, 6.07) is 0. The largest absolute Gasteiger partial charge is 1.00 e. The molecule has 1 aliphatic rings. The standard InChI is InChI=1S/C5H9NO.ClH/c1-6-4-2-3-5(6)7;/h2-4H2,1H3;1H. The van der Waals surface area contributed by atoms with Gasteiger partial charge >= 0.3 is 1.43 Å². The van der Waals surface area contributed by atoms with Crippen LogP contribution in [-0.4, -0.2) is 24.4 Å². The van der Waals surface area contributed by atoms with Crippen molar-refractivity contribution in [1.82, 2.24) is 4.90 Å². The van der Waals surface area contributed by atoms with E-state index in [0.29, 0.717) is 5.91 Å². The molecule has 0 aromatic heterocycles. The quantitative estimate of drug-likeness (QED) is 0.356. The van der Waals surface area contributed by atoms with Crippen LogP contribution in [0.4, 0.5) is 0 Å². The van der Waals surface area contributed by atoms with Crippen LogP contribution in [0.5, 0.6) is 0 Å². The lowest BCUT2D eigenvalue weighted by Gasteiger charge is -2.03. The van der Waals surface area contributed by atoms with Crippen LogP contribution in [0.15, 0.2) is 0 Å². The second kappa shape index (κ2) is 2.92. The van der Waals surface area contributed by atoms with Gasteiger partial charge in [0, 0.05) is 20.0 Å². The summed E-state index contributed by atoms with van der Waals surface area (Å²) in [6.07, 6.45) is 1.81. The molecule has 0 spiro atoms. The minimum atomic E-state index is 0. The zero-order valence-electron chi connectivity index (χ0n) is 5.85. The van der Waals surface area contributed by atoms with Gasteiger partial charge < -0.3 is 17.3 Å². The Morgan fingerprint density at radius 1 is 1.75 bits per heavy atom. The van der Waals surface area contributed by atoms with Crippen LogP contribution in [0.3, 0.4) is 0 Å². The molecule has 0 aromatic carbocycles. The number of carbonyl (C=O) groups is 1. The fourth-order valence-corrected chi connectivity index (χ4v) is 0.783. The van der Waals surface area contributed by atoms with E-state index >= 15 is 0 Å². The lowest BCUT2D eigenvalue weighted by Crippen LogP contribution is -3.00. The minimum Gasteiger partial charge on any atom is -1.00 e. The second-order valence-electron chi connectivity index (χ2n) is 1.92. The maximum absolute atomic E-state index is 10.5. The highest BCUT2D eigenvalue weighted by Crippen LogP contribution is 2.04. The highest BCUT2D eigenvalue weighted by atomic mass is 35.5. The van der Waals surface area contributed by atoms with E-state index in [-0.39, 0.29) is 13.8 Å². The number of hydrogen-bond acceptors (Lipinski definition) is 1. The summed E-state index contributed by atoms with van der Waals surface area (Å²) in [4.78, 5) is 12.3. The number of carbonyl (C=O) groups excluding carboxylic acids is 1. The van der Waals surface area contributed by atoms with E-state index in [4.69, 9.17) is 0 Å². The van der Waals surface area contributed by atoms with E-state index in [1.807, 2.05) is 7.05 Å². The van der Waals surface area contributed by atoms with E-state index < -0.39 is 0 Å². The summed E-state index contributed by atoms with van der Waals surface area (Å²) < 4.78 is 0. The van der Waals surface area contributed by atoms with Crippen molar-refractivity contribution in [3.05, 3.63) is 0 Å². The molecule has 3 heteroatoms. The van der Waals surface area contributed by atoms with Crippen LogP contribution in [0.1, 0.15) is 14.3 Å². The predicted octanol–water partition coefficient (Wildman–Crippen LogP) is -2.64. The molecule has 1 amide bonds. The molecule has 0 atom stereocenters. The van der Waals surface area contributed by atoms with Crippen molar-refractivity contribution in [2.45, 2.75) is 12.8 Å². The molecule has 1 heterocycles. The van der Waals surface area contributed by atoms with Crippen molar-refractivity contribution in [2.24, 2.45) is 0 Å². The average Bonchev–Trinajstić information content (AvgIpc) is 1.91. The topological polar surface area (TPSA) is 20.3 Å². The van der Waals surface area contributed by atoms with Gasteiger partial charge in [-0.25, -0.2) is 0 Å². The van der Waals surface area contributed by atoms with Crippen LogP contribution in [0.2, 0.25) is 0 Å². The van der Waals surface area contributed by atoms with Crippen molar-refractivity contribution >= 4 is 5.91 Å². The summed E-state index contributed by atoms with van der Waals surface area (Å²) in [7, 11) is 1.84. The predicted molar refractivity (Wildman–Crippen MR) is 28.0 cm³/mol. The van der Waals surface area contributed by atoms with E-state index in [0.717, 1.165) is 19.4 Å². The SMILES string of the molecule is CN1CCCC1=O.[Cl-].[H+]. The first-order valence-corrected chi connectivity index (χ1v) is 2.54. The first-order valence-electron chi connectivity index (χ1n) is 2.54. The van der Waals surface area contributed by atoms with Crippen molar-refractivity contribution in [2.75, 3.05) is 13.6 Å². The third-order valence-corrected chi connectivity index (χ3v) is 1.31. The molecule has 1 aliphatic heterocycles. The smallest absolute Gasteiger partial charge is 1.00 e. The Morgan fingerprint density at radius 3 is 2.50 bits per heavy atom. The number of likely N-dealkylation sites (tertiary alicyclic amines) is 1. The molecule has 0 aliphatic carbocycles. The molecule has 0 aromatic rings. The number of hydrogen-bond donors (Lipinski definition) is 0.